The third-order valence-electron chi connectivity index (χ3n) is 4.22. The Balaban J connectivity index is 1.51. The minimum atomic E-state index is -0.501. The van der Waals surface area contributed by atoms with Crippen LogP contribution in [0.3, 0.4) is 0 Å². The summed E-state index contributed by atoms with van der Waals surface area (Å²) in [7, 11) is 0. The Morgan fingerprint density at radius 2 is 1.96 bits per heavy atom. The number of thiazole rings is 1. The lowest BCUT2D eigenvalue weighted by atomic mass is 10.1. The lowest BCUT2D eigenvalue weighted by molar-refractivity contribution is 0.0523. The molecule has 2 aromatic rings. The van der Waals surface area contributed by atoms with Gasteiger partial charge < -0.3 is 15.7 Å². The summed E-state index contributed by atoms with van der Waals surface area (Å²) in [5, 5.41) is 12.9. The van der Waals surface area contributed by atoms with Gasteiger partial charge in [-0.15, -0.1) is 11.3 Å². The molecule has 7 heteroatoms. The summed E-state index contributed by atoms with van der Waals surface area (Å²) in [4.78, 5) is 20.7. The van der Waals surface area contributed by atoms with Gasteiger partial charge in [0.2, 0.25) is 0 Å². The van der Waals surface area contributed by atoms with Gasteiger partial charge in [0.1, 0.15) is 10.7 Å². The number of aromatic nitrogens is 1. The summed E-state index contributed by atoms with van der Waals surface area (Å²) in [6, 6.07) is 9.66. The Hall–Kier alpha value is -1.80. The average molecular weight is 346 g/mol. The number of hydrogen-bond acceptors (Lipinski definition) is 6. The van der Waals surface area contributed by atoms with Crippen LogP contribution in [0.25, 0.3) is 0 Å². The van der Waals surface area contributed by atoms with Gasteiger partial charge in [-0.3, -0.25) is 9.69 Å². The lowest BCUT2D eigenvalue weighted by Crippen LogP contribution is -2.49. The van der Waals surface area contributed by atoms with Gasteiger partial charge in [-0.2, -0.15) is 0 Å². The molecule has 1 aliphatic rings. The second-order valence-corrected chi connectivity index (χ2v) is 6.79. The number of nitrogens with zero attached hydrogens (tertiary/aromatic N) is 3. The number of amides is 1. The van der Waals surface area contributed by atoms with Crippen molar-refractivity contribution < 1.29 is 9.90 Å². The molecular formula is C17H22N4O2S. The molecule has 24 heavy (non-hydrogen) atoms. The van der Waals surface area contributed by atoms with Crippen molar-refractivity contribution in [2.45, 2.75) is 12.6 Å². The number of aliphatic hydroxyl groups is 1. The number of β-amino-alcohol motifs (C(OH)–C–C–N with tert-alkyl or cyclic N) is 1. The van der Waals surface area contributed by atoms with E-state index in [1.165, 1.54) is 11.3 Å². The third kappa shape index (κ3) is 3.99. The highest BCUT2D eigenvalue weighted by molar-refractivity contribution is 7.09. The minimum Gasteiger partial charge on any atom is -0.387 e. The van der Waals surface area contributed by atoms with E-state index in [0.29, 0.717) is 31.9 Å². The Bertz CT molecular complexity index is 668. The third-order valence-corrected chi connectivity index (χ3v) is 5.09. The van der Waals surface area contributed by atoms with Gasteiger partial charge in [0.05, 0.1) is 6.10 Å². The molecule has 3 rings (SSSR count). The molecule has 1 atom stereocenters. The number of piperazine rings is 1. The second kappa shape index (κ2) is 7.85. The van der Waals surface area contributed by atoms with Gasteiger partial charge in [-0.1, -0.05) is 30.3 Å². The van der Waals surface area contributed by atoms with Crippen molar-refractivity contribution in [3.05, 3.63) is 52.0 Å². The molecular weight excluding hydrogens is 324 g/mol. The van der Waals surface area contributed by atoms with Gasteiger partial charge in [-0.05, 0) is 5.56 Å². The molecule has 1 aromatic carbocycles. The largest absolute Gasteiger partial charge is 0.387 e. The van der Waals surface area contributed by atoms with E-state index in [1.807, 2.05) is 35.2 Å². The number of benzene rings is 1. The van der Waals surface area contributed by atoms with Crippen LogP contribution in [0.4, 0.5) is 0 Å². The Morgan fingerprint density at radius 3 is 2.58 bits per heavy atom. The van der Waals surface area contributed by atoms with E-state index in [2.05, 4.69) is 9.88 Å². The Morgan fingerprint density at radius 1 is 1.25 bits per heavy atom. The van der Waals surface area contributed by atoms with Crippen molar-refractivity contribution in [3.8, 4) is 0 Å². The minimum absolute atomic E-state index is 0.0331. The van der Waals surface area contributed by atoms with Crippen LogP contribution in [-0.4, -0.2) is 58.5 Å². The molecule has 1 saturated heterocycles. The zero-order valence-corrected chi connectivity index (χ0v) is 14.3. The summed E-state index contributed by atoms with van der Waals surface area (Å²) in [5.74, 6) is -0.0331. The zero-order chi connectivity index (χ0) is 16.9. The van der Waals surface area contributed by atoms with Gasteiger partial charge in [0.25, 0.3) is 5.91 Å². The molecule has 1 aliphatic heterocycles. The zero-order valence-electron chi connectivity index (χ0n) is 13.5. The SMILES string of the molecule is NCc1nc(C(=O)N2CCN(CC(O)c3ccccc3)CC2)cs1. The Labute approximate surface area is 145 Å². The molecule has 2 heterocycles. The van der Waals surface area contributed by atoms with Crippen LogP contribution < -0.4 is 5.73 Å². The fourth-order valence-electron chi connectivity index (χ4n) is 2.82. The van der Waals surface area contributed by atoms with E-state index in [9.17, 15) is 9.90 Å². The van der Waals surface area contributed by atoms with Crippen LogP contribution in [0.15, 0.2) is 35.7 Å². The lowest BCUT2D eigenvalue weighted by Gasteiger charge is -2.35. The highest BCUT2D eigenvalue weighted by Crippen LogP contribution is 2.16. The molecule has 1 fully saturated rings. The van der Waals surface area contributed by atoms with Crippen molar-refractivity contribution in [1.82, 2.24) is 14.8 Å². The number of rotatable bonds is 5. The highest BCUT2D eigenvalue weighted by Gasteiger charge is 2.25. The van der Waals surface area contributed by atoms with Crippen LogP contribution in [0.2, 0.25) is 0 Å². The van der Waals surface area contributed by atoms with Crippen molar-refractivity contribution in [3.63, 3.8) is 0 Å². The van der Waals surface area contributed by atoms with E-state index < -0.39 is 6.10 Å². The molecule has 0 aliphatic carbocycles. The summed E-state index contributed by atoms with van der Waals surface area (Å²) < 4.78 is 0. The molecule has 0 bridgehead atoms. The summed E-state index contributed by atoms with van der Waals surface area (Å²) in [5.41, 5.74) is 6.96. The average Bonchev–Trinajstić information content (AvgIpc) is 3.11. The topological polar surface area (TPSA) is 82.7 Å². The van der Waals surface area contributed by atoms with E-state index in [0.717, 1.165) is 23.7 Å². The van der Waals surface area contributed by atoms with Crippen LogP contribution in [-0.2, 0) is 6.54 Å². The maximum Gasteiger partial charge on any atom is 0.273 e. The first-order valence-electron chi connectivity index (χ1n) is 8.06. The molecule has 1 unspecified atom stereocenters. The van der Waals surface area contributed by atoms with Gasteiger partial charge in [0, 0.05) is 44.6 Å². The number of carbonyl (C=O) groups excluding carboxylic acids is 1. The predicted octanol–water partition coefficient (Wildman–Crippen LogP) is 1.09. The molecule has 6 nitrogen and oxygen atoms in total. The highest BCUT2D eigenvalue weighted by atomic mass is 32.1. The van der Waals surface area contributed by atoms with E-state index in [-0.39, 0.29) is 5.91 Å². The van der Waals surface area contributed by atoms with Crippen molar-refractivity contribution >= 4 is 17.2 Å². The predicted molar refractivity (Wildman–Crippen MR) is 93.8 cm³/mol. The van der Waals surface area contributed by atoms with Crippen LogP contribution in [0.5, 0.6) is 0 Å². The quantitative estimate of drug-likeness (QED) is 0.847. The van der Waals surface area contributed by atoms with E-state index >= 15 is 0 Å². The summed E-state index contributed by atoms with van der Waals surface area (Å²) >= 11 is 1.42. The molecule has 1 aromatic heterocycles. The van der Waals surface area contributed by atoms with Crippen molar-refractivity contribution in [1.29, 1.82) is 0 Å². The van der Waals surface area contributed by atoms with E-state index in [1.54, 1.807) is 5.38 Å². The normalized spacial score (nSPS) is 17.0. The number of nitrogens with two attached hydrogens (primary N) is 1. The molecule has 0 radical (unpaired) electrons. The Kier molecular flexibility index (Phi) is 5.57. The standard InChI is InChI=1S/C17H22N4O2S/c18-10-16-19-14(12-24-16)17(23)21-8-6-20(7-9-21)11-15(22)13-4-2-1-3-5-13/h1-5,12,15,22H,6-11,18H2. The van der Waals surface area contributed by atoms with Gasteiger partial charge in [0.15, 0.2) is 0 Å². The first-order valence-corrected chi connectivity index (χ1v) is 8.94. The fourth-order valence-corrected chi connectivity index (χ4v) is 3.47. The fraction of sp³-hybridized carbons (Fsp3) is 0.412. The van der Waals surface area contributed by atoms with Crippen LogP contribution in [0, 0.1) is 0 Å². The molecule has 0 spiro atoms. The monoisotopic (exact) mass is 346 g/mol. The van der Waals surface area contributed by atoms with Crippen LogP contribution >= 0.6 is 11.3 Å². The maximum absolute atomic E-state index is 12.4. The second-order valence-electron chi connectivity index (χ2n) is 5.85. The first kappa shape index (κ1) is 17.0. The molecule has 128 valence electrons. The smallest absolute Gasteiger partial charge is 0.273 e. The number of hydrogen-bond donors (Lipinski definition) is 2. The van der Waals surface area contributed by atoms with Crippen LogP contribution in [0.1, 0.15) is 27.2 Å². The maximum atomic E-state index is 12.4. The summed E-state index contributed by atoms with van der Waals surface area (Å²) in [6.45, 7) is 3.75. The molecule has 1 amide bonds. The molecule has 3 N–H and O–H groups in total. The van der Waals surface area contributed by atoms with E-state index in [4.69, 9.17) is 5.73 Å². The van der Waals surface area contributed by atoms with Gasteiger partial charge >= 0.3 is 0 Å². The van der Waals surface area contributed by atoms with Crippen molar-refractivity contribution in [2.24, 2.45) is 5.73 Å². The summed E-state index contributed by atoms with van der Waals surface area (Å²) in [6.07, 6.45) is -0.501. The number of aliphatic hydroxyl groups excluding tert-OH is 1. The van der Waals surface area contributed by atoms with Crippen molar-refractivity contribution in [2.75, 3.05) is 32.7 Å². The first-order chi connectivity index (χ1) is 11.7. The molecule has 0 saturated carbocycles. The number of carbonyl (C=O) groups is 1. The van der Waals surface area contributed by atoms with Gasteiger partial charge in [-0.25, -0.2) is 4.98 Å².